The second-order valence-corrected chi connectivity index (χ2v) is 11.7. The fourth-order valence-corrected chi connectivity index (χ4v) is 6.39. The molecule has 0 radical (unpaired) electrons. The van der Waals surface area contributed by atoms with E-state index in [-0.39, 0.29) is 29.6 Å². The van der Waals surface area contributed by atoms with E-state index in [1.54, 1.807) is 12.3 Å². The van der Waals surface area contributed by atoms with Gasteiger partial charge in [-0.05, 0) is 54.3 Å². The molecule has 0 bridgehead atoms. The molecule has 1 amide bonds. The Hall–Kier alpha value is -5.72. The predicted octanol–water partition coefficient (Wildman–Crippen LogP) is 5.70. The van der Waals surface area contributed by atoms with Gasteiger partial charge < -0.3 is 15.3 Å². The molecule has 3 aromatic heterocycles. The minimum atomic E-state index is -0.255. The van der Waals surface area contributed by atoms with Gasteiger partial charge in [0.25, 0.3) is 5.56 Å². The minimum Gasteiger partial charge on any atom is -0.328 e. The average molecular weight is 609 g/mol. The number of anilines is 1. The normalized spacial score (nSPS) is 14.0. The number of carbonyl (C=O) groups excluding carboxylic acids is 1. The Bertz CT molecular complexity index is 2220. The third-order valence-electron chi connectivity index (χ3n) is 8.66. The van der Waals surface area contributed by atoms with Crippen LogP contribution in [0.5, 0.6) is 0 Å². The number of piperidine rings is 1. The van der Waals surface area contributed by atoms with Crippen molar-refractivity contribution in [2.45, 2.75) is 31.8 Å². The van der Waals surface area contributed by atoms with Crippen LogP contribution in [0.25, 0.3) is 44.3 Å². The fourth-order valence-electron chi connectivity index (χ4n) is 6.39. The lowest BCUT2D eigenvalue weighted by Crippen LogP contribution is -2.36. The quantitative estimate of drug-likeness (QED) is 0.201. The van der Waals surface area contributed by atoms with Gasteiger partial charge in [0.05, 0.1) is 34.1 Å². The first-order valence-electron chi connectivity index (χ1n) is 15.3. The molecule has 9 nitrogen and oxygen atoms in total. The summed E-state index contributed by atoms with van der Waals surface area (Å²) in [4.78, 5) is 50.5. The van der Waals surface area contributed by atoms with E-state index in [4.69, 9.17) is 11.4 Å². The van der Waals surface area contributed by atoms with E-state index in [1.807, 2.05) is 59.2 Å². The number of pyridine rings is 2. The Balaban J connectivity index is 1.07. The molecule has 0 unspecified atom stereocenters. The van der Waals surface area contributed by atoms with Gasteiger partial charge in [-0.1, -0.05) is 60.5 Å². The summed E-state index contributed by atoms with van der Waals surface area (Å²) in [6, 6.07) is 27.7. The van der Waals surface area contributed by atoms with Gasteiger partial charge in [-0.25, -0.2) is 9.78 Å². The number of carbonyl (C=O) groups is 1. The monoisotopic (exact) mass is 608 g/mol. The molecular weight excluding hydrogens is 576 g/mol. The third kappa shape index (κ3) is 5.74. The molecule has 9 heteroatoms. The lowest BCUT2D eigenvalue weighted by atomic mass is 9.97. The molecule has 1 aliphatic rings. The third-order valence-corrected chi connectivity index (χ3v) is 8.66. The zero-order chi connectivity index (χ0) is 31.6. The predicted molar refractivity (Wildman–Crippen MR) is 181 cm³/mol. The average Bonchev–Trinajstić information content (AvgIpc) is 3.40. The highest BCUT2D eigenvalue weighted by atomic mass is 16.2. The second kappa shape index (κ2) is 12.3. The molecule has 228 valence electrons. The van der Waals surface area contributed by atoms with Crippen LogP contribution in [0.4, 0.5) is 5.69 Å². The van der Waals surface area contributed by atoms with Crippen LogP contribution in [-0.4, -0.2) is 43.4 Å². The van der Waals surface area contributed by atoms with Crippen LogP contribution in [0.3, 0.4) is 0 Å². The summed E-state index contributed by atoms with van der Waals surface area (Å²) in [5.74, 6) is 2.09. The van der Waals surface area contributed by atoms with Crippen LogP contribution in [0.1, 0.15) is 30.9 Å². The Morgan fingerprint density at radius 2 is 1.74 bits per heavy atom. The number of likely N-dealkylation sites (tertiary alicyclic amines) is 1. The van der Waals surface area contributed by atoms with Crippen molar-refractivity contribution in [3.63, 3.8) is 0 Å². The molecule has 1 saturated heterocycles. The molecule has 3 N–H and O–H groups in total. The number of terminal acetylenes is 1. The highest BCUT2D eigenvalue weighted by Crippen LogP contribution is 2.33. The molecule has 1 aliphatic heterocycles. The van der Waals surface area contributed by atoms with Crippen molar-refractivity contribution in [1.29, 1.82) is 0 Å². The number of benzene rings is 3. The van der Waals surface area contributed by atoms with Gasteiger partial charge in [0.2, 0.25) is 5.91 Å². The van der Waals surface area contributed by atoms with Crippen LogP contribution in [-0.2, 0) is 11.3 Å². The summed E-state index contributed by atoms with van der Waals surface area (Å²) in [6.45, 7) is 2.50. The van der Waals surface area contributed by atoms with Gasteiger partial charge in [-0.15, -0.1) is 6.42 Å². The number of aromatic amines is 2. The standard InChI is InChI=1S/C37H32N6O3/c1-2-6-34(44)39-27-13-14-32-33(21-27)43(37(46)41-32)28-16-19-42(20-17-28)23-24-9-11-26(12-10-24)35-29(25-7-4-3-5-8-25)22-30-31(40-35)15-18-38-36(30)45/h1,3-5,7-15,18,21-22,28H,6,16-17,19-20,23H2,(H,38,45)(H,39,44)(H,41,46). The number of nitrogens with one attached hydrogen (secondary N) is 3. The molecule has 0 spiro atoms. The highest BCUT2D eigenvalue weighted by molar-refractivity contribution is 5.94. The number of aromatic nitrogens is 4. The summed E-state index contributed by atoms with van der Waals surface area (Å²) in [7, 11) is 0. The number of H-pyrrole nitrogens is 2. The first kappa shape index (κ1) is 29.0. The van der Waals surface area contributed by atoms with Crippen molar-refractivity contribution >= 4 is 33.5 Å². The lowest BCUT2D eigenvalue weighted by Gasteiger charge is -2.32. The number of rotatable bonds is 7. The summed E-state index contributed by atoms with van der Waals surface area (Å²) in [5, 5.41) is 3.37. The summed E-state index contributed by atoms with van der Waals surface area (Å²) < 4.78 is 1.83. The van der Waals surface area contributed by atoms with Crippen LogP contribution in [0, 0.1) is 12.3 Å². The number of nitrogens with zero attached hydrogens (tertiary/aromatic N) is 3. The van der Waals surface area contributed by atoms with Gasteiger partial charge in [-0.2, -0.15) is 0 Å². The molecular formula is C37H32N6O3. The summed E-state index contributed by atoms with van der Waals surface area (Å²) in [6.07, 6.45) is 8.55. The van der Waals surface area contributed by atoms with Gasteiger partial charge in [-0.3, -0.25) is 19.1 Å². The van der Waals surface area contributed by atoms with Gasteiger partial charge >= 0.3 is 5.69 Å². The zero-order valence-electron chi connectivity index (χ0n) is 25.1. The number of imidazole rings is 1. The number of fused-ring (bicyclic) bond motifs is 2. The Labute approximate surface area is 264 Å². The molecule has 4 heterocycles. The van der Waals surface area contributed by atoms with E-state index in [0.717, 1.165) is 65.9 Å². The second-order valence-electron chi connectivity index (χ2n) is 11.7. The molecule has 3 aromatic carbocycles. The van der Waals surface area contributed by atoms with Gasteiger partial charge in [0.15, 0.2) is 0 Å². The van der Waals surface area contributed by atoms with Crippen LogP contribution in [0.2, 0.25) is 0 Å². The molecule has 46 heavy (non-hydrogen) atoms. The number of hydrogen-bond acceptors (Lipinski definition) is 5. The van der Waals surface area contributed by atoms with Crippen molar-refractivity contribution in [3.05, 3.63) is 118 Å². The molecule has 6 aromatic rings. The number of hydrogen-bond donors (Lipinski definition) is 3. The highest BCUT2D eigenvalue weighted by Gasteiger charge is 2.24. The maximum Gasteiger partial charge on any atom is 0.326 e. The maximum absolute atomic E-state index is 13.0. The van der Waals surface area contributed by atoms with E-state index < -0.39 is 0 Å². The Kier molecular flexibility index (Phi) is 7.79. The van der Waals surface area contributed by atoms with Crippen LogP contribution >= 0.6 is 0 Å². The van der Waals surface area contributed by atoms with Crippen molar-refractivity contribution in [2.24, 2.45) is 0 Å². The maximum atomic E-state index is 13.0. The van der Waals surface area contributed by atoms with Crippen molar-refractivity contribution in [3.8, 4) is 34.7 Å². The first-order valence-corrected chi connectivity index (χ1v) is 15.3. The minimum absolute atomic E-state index is 0.00349. The summed E-state index contributed by atoms with van der Waals surface area (Å²) >= 11 is 0. The number of amides is 1. The van der Waals surface area contributed by atoms with Crippen molar-refractivity contribution in [1.82, 2.24) is 24.4 Å². The van der Waals surface area contributed by atoms with Crippen molar-refractivity contribution < 1.29 is 4.79 Å². The molecule has 0 aliphatic carbocycles. The smallest absolute Gasteiger partial charge is 0.326 e. The van der Waals surface area contributed by atoms with Crippen LogP contribution < -0.4 is 16.6 Å². The summed E-state index contributed by atoms with van der Waals surface area (Å²) in [5.41, 5.74) is 7.42. The zero-order valence-corrected chi connectivity index (χ0v) is 25.1. The van der Waals surface area contributed by atoms with E-state index in [0.29, 0.717) is 16.6 Å². The topological polar surface area (TPSA) is 116 Å². The van der Waals surface area contributed by atoms with E-state index in [2.05, 4.69) is 50.4 Å². The van der Waals surface area contributed by atoms with E-state index >= 15 is 0 Å². The van der Waals surface area contributed by atoms with Crippen molar-refractivity contribution in [2.75, 3.05) is 18.4 Å². The van der Waals surface area contributed by atoms with Crippen LogP contribution in [0.15, 0.2) is 101 Å². The molecule has 0 saturated carbocycles. The molecule has 0 atom stereocenters. The fraction of sp³-hybridized carbons (Fsp3) is 0.189. The van der Waals surface area contributed by atoms with Gasteiger partial charge in [0.1, 0.15) is 0 Å². The molecule has 1 fully saturated rings. The first-order chi connectivity index (χ1) is 22.5. The van der Waals surface area contributed by atoms with Gasteiger partial charge in [0, 0.05) is 48.7 Å². The largest absolute Gasteiger partial charge is 0.328 e. The SMILES string of the molecule is C#CCC(=O)Nc1ccc2[nH]c(=O)n(C3CCN(Cc4ccc(-c5nc6cc[nH]c(=O)c6cc5-c5ccccc5)cc4)CC3)c2c1. The Morgan fingerprint density at radius 3 is 2.50 bits per heavy atom. The van der Waals surface area contributed by atoms with E-state index in [1.165, 1.54) is 5.56 Å². The van der Waals surface area contributed by atoms with E-state index in [9.17, 15) is 14.4 Å². The molecule has 7 rings (SSSR count). The Morgan fingerprint density at radius 1 is 0.957 bits per heavy atom. The lowest BCUT2D eigenvalue weighted by molar-refractivity contribution is -0.115.